The number of aryl methyl sites for hydroxylation is 1. The smallest absolute Gasteiger partial charge is 0.261 e. The zero-order valence-corrected chi connectivity index (χ0v) is 15.7. The summed E-state index contributed by atoms with van der Waals surface area (Å²) >= 11 is 0. The Morgan fingerprint density at radius 2 is 1.96 bits per heavy atom. The molecule has 3 rings (SSSR count). The van der Waals surface area contributed by atoms with Crippen molar-refractivity contribution in [1.82, 2.24) is 10.3 Å². The van der Waals surface area contributed by atoms with Gasteiger partial charge >= 0.3 is 0 Å². The van der Waals surface area contributed by atoms with Crippen LogP contribution in [0.15, 0.2) is 35.1 Å². The topological polar surface area (TPSA) is 88.0 Å². The number of carbonyl (C=O) groups excluding carboxylic acids is 1. The number of fused-ring (bicyclic) bond motifs is 1. The third kappa shape index (κ3) is 3.88. The molecule has 5 nitrogen and oxygen atoms in total. The Labute approximate surface area is 154 Å². The Morgan fingerprint density at radius 1 is 1.27 bits per heavy atom. The average Bonchev–Trinajstić information content (AvgIpc) is 2.58. The summed E-state index contributed by atoms with van der Waals surface area (Å²) in [5.41, 5.74) is 9.53. The number of carbonyl (C=O) groups is 1. The van der Waals surface area contributed by atoms with Crippen LogP contribution in [0.5, 0.6) is 0 Å². The molecule has 1 amide bonds. The number of benzene rings is 1. The quantitative estimate of drug-likeness (QED) is 0.790. The largest absolute Gasteiger partial charge is 0.365 e. The number of aromatic amines is 1. The van der Waals surface area contributed by atoms with Crippen LogP contribution in [-0.2, 0) is 18.4 Å². The Kier molecular flexibility index (Phi) is 5.01. The van der Waals surface area contributed by atoms with E-state index in [1.54, 1.807) is 6.07 Å². The zero-order chi connectivity index (χ0) is 18.9. The van der Waals surface area contributed by atoms with Gasteiger partial charge in [0.1, 0.15) is 5.56 Å². The molecule has 0 saturated carbocycles. The molecule has 0 fully saturated rings. The van der Waals surface area contributed by atoms with Crippen LogP contribution in [-0.4, -0.2) is 10.9 Å². The van der Waals surface area contributed by atoms with Crippen molar-refractivity contribution >= 4 is 5.91 Å². The van der Waals surface area contributed by atoms with E-state index >= 15 is 0 Å². The molecule has 1 atom stereocenters. The monoisotopic (exact) mass is 353 g/mol. The van der Waals surface area contributed by atoms with Crippen LogP contribution < -0.4 is 16.6 Å². The number of H-pyrrole nitrogens is 1. The predicted octanol–water partition coefficient (Wildman–Crippen LogP) is 2.94. The van der Waals surface area contributed by atoms with Gasteiger partial charge in [-0.25, -0.2) is 0 Å². The van der Waals surface area contributed by atoms with Gasteiger partial charge in [-0.05, 0) is 47.4 Å². The van der Waals surface area contributed by atoms with Crippen molar-refractivity contribution in [2.45, 2.75) is 58.0 Å². The highest BCUT2D eigenvalue weighted by Gasteiger charge is 2.23. The van der Waals surface area contributed by atoms with Gasteiger partial charge in [0, 0.05) is 18.3 Å². The van der Waals surface area contributed by atoms with Crippen molar-refractivity contribution in [3.8, 4) is 0 Å². The molecule has 1 unspecified atom stereocenters. The Balaban J connectivity index is 1.77. The zero-order valence-electron chi connectivity index (χ0n) is 15.7. The maximum Gasteiger partial charge on any atom is 0.261 e. The number of primary amides is 1. The number of pyridine rings is 1. The second kappa shape index (κ2) is 7.08. The van der Waals surface area contributed by atoms with E-state index in [2.05, 4.69) is 55.3 Å². The predicted molar refractivity (Wildman–Crippen MR) is 103 cm³/mol. The first-order valence-corrected chi connectivity index (χ1v) is 9.14. The lowest BCUT2D eigenvalue weighted by molar-refractivity contribution is 0.0998. The molecule has 1 aliphatic carbocycles. The molecule has 0 radical (unpaired) electrons. The number of amides is 1. The lowest BCUT2D eigenvalue weighted by atomic mass is 9.86. The van der Waals surface area contributed by atoms with Gasteiger partial charge in [0.2, 0.25) is 0 Å². The summed E-state index contributed by atoms with van der Waals surface area (Å²) in [7, 11) is 0. The molecule has 1 aliphatic rings. The van der Waals surface area contributed by atoms with Gasteiger partial charge in [0.15, 0.2) is 0 Å². The number of hydrogen-bond acceptors (Lipinski definition) is 3. The van der Waals surface area contributed by atoms with Gasteiger partial charge in [0.05, 0.1) is 0 Å². The number of nitrogens with one attached hydrogen (secondary N) is 2. The summed E-state index contributed by atoms with van der Waals surface area (Å²) in [5, 5.41) is 3.56. The molecule has 1 aromatic carbocycles. The van der Waals surface area contributed by atoms with Crippen molar-refractivity contribution in [2.75, 3.05) is 0 Å². The fourth-order valence-corrected chi connectivity index (χ4v) is 3.50. The second-order valence-corrected chi connectivity index (χ2v) is 8.08. The van der Waals surface area contributed by atoms with E-state index in [0.29, 0.717) is 0 Å². The normalized spacial score (nSPS) is 17.0. The highest BCUT2D eigenvalue weighted by atomic mass is 16.2. The molecule has 0 saturated heterocycles. The summed E-state index contributed by atoms with van der Waals surface area (Å²) in [6.45, 7) is 7.35. The first kappa shape index (κ1) is 18.4. The minimum Gasteiger partial charge on any atom is -0.365 e. The van der Waals surface area contributed by atoms with Gasteiger partial charge in [-0.1, -0.05) is 45.0 Å². The molecule has 1 heterocycles. The number of nitrogens with two attached hydrogens (primary N) is 1. The minimum absolute atomic E-state index is 0.0342. The summed E-state index contributed by atoms with van der Waals surface area (Å²) in [5.74, 6) is -0.684. The fourth-order valence-electron chi connectivity index (χ4n) is 3.50. The molecule has 0 spiro atoms. The number of aromatic nitrogens is 1. The van der Waals surface area contributed by atoms with Crippen molar-refractivity contribution < 1.29 is 4.79 Å². The molecule has 4 N–H and O–H groups in total. The van der Waals surface area contributed by atoms with E-state index in [4.69, 9.17) is 5.73 Å². The minimum atomic E-state index is -0.684. The van der Waals surface area contributed by atoms with Crippen LogP contribution in [0.1, 0.15) is 72.4 Å². The van der Waals surface area contributed by atoms with Gasteiger partial charge < -0.3 is 16.0 Å². The Bertz CT molecular complexity index is 860. The lowest BCUT2D eigenvalue weighted by Gasteiger charge is -2.27. The van der Waals surface area contributed by atoms with Gasteiger partial charge in [0.25, 0.3) is 11.5 Å². The summed E-state index contributed by atoms with van der Waals surface area (Å²) < 4.78 is 0. The molecular formula is C21H27N3O2. The molecule has 0 aliphatic heterocycles. The first-order chi connectivity index (χ1) is 12.3. The summed E-state index contributed by atoms with van der Waals surface area (Å²) in [6.07, 6.45) is 2.79. The van der Waals surface area contributed by atoms with Crippen molar-refractivity contribution in [1.29, 1.82) is 0 Å². The average molecular weight is 353 g/mol. The van der Waals surface area contributed by atoms with Crippen LogP contribution in [0.2, 0.25) is 0 Å². The standard InChI is InChI=1S/C21H27N3O2/c1-21(2,3)14-9-7-13(8-10-14)12-23-17-5-4-6-18-15(17)11-16(19(22)25)20(26)24-18/h7-11,17,23H,4-6,12H2,1-3H3,(H2,22,25)(H,24,26). The van der Waals surface area contributed by atoms with Crippen molar-refractivity contribution in [3.05, 3.63) is 68.6 Å². The SMILES string of the molecule is CC(C)(C)c1ccc(CNC2CCCc3[nH]c(=O)c(C(N)=O)cc32)cc1. The lowest BCUT2D eigenvalue weighted by Crippen LogP contribution is -2.31. The second-order valence-electron chi connectivity index (χ2n) is 8.08. The summed E-state index contributed by atoms with van der Waals surface area (Å²) in [6, 6.07) is 10.4. The van der Waals surface area contributed by atoms with Crippen LogP contribution >= 0.6 is 0 Å². The molecular weight excluding hydrogens is 326 g/mol. The maximum absolute atomic E-state index is 12.0. The third-order valence-electron chi connectivity index (χ3n) is 5.09. The van der Waals surface area contributed by atoms with E-state index in [-0.39, 0.29) is 17.0 Å². The maximum atomic E-state index is 12.0. The molecule has 5 heteroatoms. The Hall–Kier alpha value is -2.40. The third-order valence-corrected chi connectivity index (χ3v) is 5.09. The highest BCUT2D eigenvalue weighted by molar-refractivity contribution is 5.92. The molecule has 0 bridgehead atoms. The highest BCUT2D eigenvalue weighted by Crippen LogP contribution is 2.29. The van der Waals surface area contributed by atoms with E-state index in [1.807, 2.05) is 0 Å². The first-order valence-electron chi connectivity index (χ1n) is 9.14. The van der Waals surface area contributed by atoms with E-state index in [0.717, 1.165) is 37.1 Å². The van der Waals surface area contributed by atoms with Crippen molar-refractivity contribution in [2.24, 2.45) is 5.73 Å². The van der Waals surface area contributed by atoms with Crippen LogP contribution in [0.25, 0.3) is 0 Å². The van der Waals surface area contributed by atoms with Crippen LogP contribution in [0.3, 0.4) is 0 Å². The number of rotatable bonds is 4. The van der Waals surface area contributed by atoms with Crippen molar-refractivity contribution in [3.63, 3.8) is 0 Å². The van der Waals surface area contributed by atoms with Gasteiger partial charge in [-0.3, -0.25) is 9.59 Å². The van der Waals surface area contributed by atoms with Crippen LogP contribution in [0, 0.1) is 0 Å². The van der Waals surface area contributed by atoms with Gasteiger partial charge in [-0.2, -0.15) is 0 Å². The fraction of sp³-hybridized carbons (Fsp3) is 0.429. The molecule has 26 heavy (non-hydrogen) atoms. The molecule has 138 valence electrons. The van der Waals surface area contributed by atoms with E-state index in [1.165, 1.54) is 11.1 Å². The van der Waals surface area contributed by atoms with E-state index in [9.17, 15) is 9.59 Å². The summed E-state index contributed by atoms with van der Waals surface area (Å²) in [4.78, 5) is 26.3. The van der Waals surface area contributed by atoms with Gasteiger partial charge in [-0.15, -0.1) is 0 Å². The number of hydrogen-bond donors (Lipinski definition) is 3. The van der Waals surface area contributed by atoms with Crippen LogP contribution in [0.4, 0.5) is 0 Å². The van der Waals surface area contributed by atoms with E-state index < -0.39 is 11.5 Å². The molecule has 2 aromatic rings. The molecule has 1 aromatic heterocycles. The Morgan fingerprint density at radius 3 is 2.58 bits per heavy atom.